The van der Waals surface area contributed by atoms with E-state index in [1.54, 1.807) is 6.07 Å². The van der Waals surface area contributed by atoms with Crippen LogP contribution in [0.4, 0.5) is 0 Å². The summed E-state index contributed by atoms with van der Waals surface area (Å²) in [5, 5.41) is 0. The second kappa shape index (κ2) is 3.76. The number of benzene rings is 1. The highest BCUT2D eigenvalue weighted by molar-refractivity contribution is 5.79. The zero-order valence-electron chi connectivity index (χ0n) is 10.7. The topological polar surface area (TPSA) is 26.3 Å². The highest BCUT2D eigenvalue weighted by Crippen LogP contribution is 2.14. The summed E-state index contributed by atoms with van der Waals surface area (Å²) in [6.45, 7) is -5.74. The summed E-state index contributed by atoms with van der Waals surface area (Å²) >= 11 is 0. The fourth-order valence-electron chi connectivity index (χ4n) is 0.726. The van der Waals surface area contributed by atoms with Gasteiger partial charge in [0.15, 0.2) is 6.29 Å². The van der Waals surface area contributed by atoms with Gasteiger partial charge in [0, 0.05) is 4.11 Å². The molecule has 0 spiro atoms. The zero-order valence-corrected chi connectivity index (χ0v) is 5.70. The molecule has 0 saturated carbocycles. The molecule has 0 aromatic heterocycles. The summed E-state index contributed by atoms with van der Waals surface area (Å²) in [7, 11) is 0. The fraction of sp³-hybridized carbons (Fsp3) is 0.222. The minimum atomic E-state index is -2.91. The maximum Gasteiger partial charge on any atom is 0.153 e. The number of para-hydroxylation sites is 1. The maximum absolute atomic E-state index is 10.6. The number of carbonyl (C=O) groups excluding carboxylic acids is 1. The number of aldehydes is 1. The zero-order chi connectivity index (χ0) is 12.4. The standard InChI is InChI=1S/C9H10O2/c1-2-11-9-6-4-3-5-8(9)7-10/h3-7H,2H2,1H3/i1D3,2D2. The summed E-state index contributed by atoms with van der Waals surface area (Å²) in [5.74, 6) is -0.0846. The van der Waals surface area contributed by atoms with Gasteiger partial charge in [-0.15, -0.1) is 0 Å². The normalized spacial score (nSPS) is 18.4. The largest absolute Gasteiger partial charge is 0.493 e. The molecule has 1 aromatic carbocycles. The summed E-state index contributed by atoms with van der Waals surface area (Å²) in [6, 6.07) is 5.85. The van der Waals surface area contributed by atoms with E-state index in [0.717, 1.165) is 0 Å². The second-order valence-corrected chi connectivity index (χ2v) is 1.86. The first-order chi connectivity index (χ1) is 7.28. The number of hydrogen-bond donors (Lipinski definition) is 0. The lowest BCUT2D eigenvalue weighted by molar-refractivity contribution is 0.112. The number of ether oxygens (including phenoxy) is 1. The molecule has 1 aromatic rings. The molecule has 0 unspecified atom stereocenters. The lowest BCUT2D eigenvalue weighted by Crippen LogP contribution is -1.94. The number of rotatable bonds is 3. The molecule has 0 saturated heterocycles. The van der Waals surface area contributed by atoms with Crippen LogP contribution in [0.15, 0.2) is 24.3 Å². The molecule has 0 radical (unpaired) electrons. The van der Waals surface area contributed by atoms with Gasteiger partial charge in [-0.05, 0) is 19.0 Å². The number of carbonyl (C=O) groups is 1. The van der Waals surface area contributed by atoms with Crippen LogP contribution in [0.1, 0.15) is 24.1 Å². The van der Waals surface area contributed by atoms with Gasteiger partial charge in [-0.1, -0.05) is 12.1 Å². The van der Waals surface area contributed by atoms with E-state index in [1.807, 2.05) is 0 Å². The maximum atomic E-state index is 10.6. The van der Waals surface area contributed by atoms with Crippen molar-refractivity contribution >= 4 is 6.29 Å². The minimum absolute atomic E-state index is 0.0846. The first kappa shape index (κ1) is 3.39. The quantitative estimate of drug-likeness (QED) is 0.623. The Hall–Kier alpha value is -1.31. The van der Waals surface area contributed by atoms with E-state index < -0.39 is 13.4 Å². The Balaban J connectivity index is 3.01. The third-order valence-corrected chi connectivity index (χ3v) is 1.21. The van der Waals surface area contributed by atoms with Crippen LogP contribution in [0.3, 0.4) is 0 Å². The van der Waals surface area contributed by atoms with Crippen LogP contribution in [-0.4, -0.2) is 12.8 Å². The Morgan fingerprint density at radius 3 is 3.27 bits per heavy atom. The van der Waals surface area contributed by atoms with Gasteiger partial charge < -0.3 is 4.74 Å². The molecule has 2 heteroatoms. The van der Waals surface area contributed by atoms with E-state index in [4.69, 9.17) is 11.6 Å². The molecule has 1 rings (SSSR count). The van der Waals surface area contributed by atoms with Gasteiger partial charge in [-0.2, -0.15) is 0 Å². The molecular formula is C9H10O2. The number of hydrogen-bond acceptors (Lipinski definition) is 2. The predicted octanol–water partition coefficient (Wildman–Crippen LogP) is 1.90. The van der Waals surface area contributed by atoms with E-state index in [1.165, 1.54) is 18.2 Å². The molecule has 58 valence electrons. The van der Waals surface area contributed by atoms with Crippen molar-refractivity contribution in [2.24, 2.45) is 0 Å². The highest BCUT2D eigenvalue weighted by atomic mass is 16.5. The Kier molecular flexibility index (Phi) is 1.16. The molecule has 0 aliphatic heterocycles. The van der Waals surface area contributed by atoms with Crippen molar-refractivity contribution in [1.29, 1.82) is 0 Å². The molecule has 0 N–H and O–H groups in total. The van der Waals surface area contributed by atoms with Crippen LogP contribution in [-0.2, 0) is 0 Å². The second-order valence-electron chi connectivity index (χ2n) is 1.86. The average molecular weight is 155 g/mol. The third kappa shape index (κ3) is 1.80. The summed E-state index contributed by atoms with van der Waals surface area (Å²) in [6.07, 6.45) is 0.477. The molecule has 0 atom stereocenters. The average Bonchev–Trinajstić information content (AvgIpc) is 2.16. The van der Waals surface area contributed by atoms with Crippen molar-refractivity contribution < 1.29 is 16.4 Å². The van der Waals surface area contributed by atoms with Crippen molar-refractivity contribution in [2.75, 3.05) is 6.56 Å². The van der Waals surface area contributed by atoms with E-state index in [2.05, 4.69) is 0 Å². The summed E-state index contributed by atoms with van der Waals surface area (Å²) in [5.41, 5.74) is 0.107. The van der Waals surface area contributed by atoms with Crippen LogP contribution in [0.2, 0.25) is 0 Å². The van der Waals surface area contributed by atoms with E-state index in [-0.39, 0.29) is 11.3 Å². The van der Waals surface area contributed by atoms with Crippen LogP contribution in [0.5, 0.6) is 5.75 Å². The fourth-order valence-corrected chi connectivity index (χ4v) is 0.726. The van der Waals surface area contributed by atoms with E-state index in [0.29, 0.717) is 6.29 Å². The van der Waals surface area contributed by atoms with Gasteiger partial charge in [-0.25, -0.2) is 0 Å². The smallest absolute Gasteiger partial charge is 0.153 e. The van der Waals surface area contributed by atoms with Crippen molar-refractivity contribution in [2.45, 2.75) is 6.85 Å². The summed E-state index contributed by atoms with van der Waals surface area (Å²) < 4.78 is 40.1. The van der Waals surface area contributed by atoms with Gasteiger partial charge in [0.05, 0.1) is 14.9 Å². The van der Waals surface area contributed by atoms with Crippen LogP contribution in [0.25, 0.3) is 0 Å². The SMILES string of the molecule is [2H]C([2H])([2H])C([2H])([2H])Oc1ccccc1C=O. The molecule has 0 fully saturated rings. The Bertz CT molecular complexity index is 386. The van der Waals surface area contributed by atoms with Crippen LogP contribution in [0, 0.1) is 0 Å². The molecule has 11 heavy (non-hydrogen) atoms. The molecule has 0 heterocycles. The molecule has 2 nitrogen and oxygen atoms in total. The minimum Gasteiger partial charge on any atom is -0.493 e. The van der Waals surface area contributed by atoms with Crippen LogP contribution < -0.4 is 4.74 Å². The van der Waals surface area contributed by atoms with Crippen molar-refractivity contribution in [3.63, 3.8) is 0 Å². The molecule has 0 aliphatic rings. The van der Waals surface area contributed by atoms with Gasteiger partial charge in [0.2, 0.25) is 0 Å². The molecule has 0 aliphatic carbocycles. The first-order valence-electron chi connectivity index (χ1n) is 5.51. The molecule has 0 bridgehead atoms. The van der Waals surface area contributed by atoms with Crippen molar-refractivity contribution in [3.05, 3.63) is 29.8 Å². The highest BCUT2D eigenvalue weighted by Gasteiger charge is 1.97. The van der Waals surface area contributed by atoms with Gasteiger partial charge in [-0.3, -0.25) is 4.79 Å². The molecule has 0 amide bonds. The Labute approximate surface area is 72.8 Å². The van der Waals surface area contributed by atoms with Crippen LogP contribution >= 0.6 is 0 Å². The van der Waals surface area contributed by atoms with Crippen molar-refractivity contribution in [1.82, 2.24) is 0 Å². The van der Waals surface area contributed by atoms with Gasteiger partial charge >= 0.3 is 0 Å². The predicted molar refractivity (Wildman–Crippen MR) is 43.0 cm³/mol. The Morgan fingerprint density at radius 1 is 1.73 bits per heavy atom. The monoisotopic (exact) mass is 155 g/mol. The van der Waals surface area contributed by atoms with Gasteiger partial charge in [0.1, 0.15) is 5.75 Å². The van der Waals surface area contributed by atoms with Crippen molar-refractivity contribution in [3.8, 4) is 5.75 Å². The summed E-state index contributed by atoms with van der Waals surface area (Å²) in [4.78, 5) is 10.6. The lowest BCUT2D eigenvalue weighted by Gasteiger charge is -2.03. The first-order valence-corrected chi connectivity index (χ1v) is 3.01. The van der Waals surface area contributed by atoms with E-state index >= 15 is 0 Å². The van der Waals surface area contributed by atoms with E-state index in [9.17, 15) is 4.79 Å². The lowest BCUT2D eigenvalue weighted by atomic mass is 10.2. The third-order valence-electron chi connectivity index (χ3n) is 1.21. The molecular weight excluding hydrogens is 140 g/mol. The van der Waals surface area contributed by atoms with Gasteiger partial charge in [0.25, 0.3) is 0 Å². The Morgan fingerprint density at radius 2 is 2.55 bits per heavy atom.